The third-order valence-corrected chi connectivity index (χ3v) is 3.51. The molecule has 0 fully saturated rings. The molecule has 6 heteroatoms. The van der Waals surface area contributed by atoms with Gasteiger partial charge in [-0.15, -0.1) is 0 Å². The van der Waals surface area contributed by atoms with E-state index in [-0.39, 0.29) is 12.6 Å². The number of nitrogens with zero attached hydrogens (tertiary/aromatic N) is 1. The van der Waals surface area contributed by atoms with E-state index in [9.17, 15) is 8.42 Å². The van der Waals surface area contributed by atoms with Gasteiger partial charge in [0.05, 0.1) is 24.5 Å². The minimum atomic E-state index is -3.43. The van der Waals surface area contributed by atoms with Gasteiger partial charge < -0.3 is 5.32 Å². The maximum atomic E-state index is 11.0. The van der Waals surface area contributed by atoms with Gasteiger partial charge in [0.1, 0.15) is 0 Å². The number of fused-ring (bicyclic) bond motifs is 1. The van der Waals surface area contributed by atoms with Crippen LogP contribution in [0.25, 0.3) is 10.8 Å². The Morgan fingerprint density at radius 3 is 2.76 bits per heavy atom. The van der Waals surface area contributed by atoms with Gasteiger partial charge in [0.2, 0.25) is 0 Å². The van der Waals surface area contributed by atoms with Crippen molar-refractivity contribution >= 4 is 26.6 Å². The molecule has 0 radical (unpaired) electrons. The molecule has 1 N–H and O–H groups in total. The summed E-state index contributed by atoms with van der Waals surface area (Å²) in [6.45, 7) is 1.90. The molecule has 0 aliphatic carbocycles. The molecule has 110 valence electrons. The lowest BCUT2D eigenvalue weighted by atomic mass is 10.0. The summed E-state index contributed by atoms with van der Waals surface area (Å²) in [6, 6.07) is 13.2. The third kappa shape index (κ3) is 4.18. The molecule has 0 amide bonds. The third-order valence-electron chi connectivity index (χ3n) is 2.95. The number of anilines is 1. The van der Waals surface area contributed by atoms with Crippen LogP contribution in [0.3, 0.4) is 0 Å². The lowest BCUT2D eigenvalue weighted by molar-refractivity contribution is 0.309. The Labute approximate surface area is 124 Å². The lowest BCUT2D eigenvalue weighted by Crippen LogP contribution is -2.23. The Balaban J connectivity index is 2.15. The maximum absolute atomic E-state index is 11.0. The van der Waals surface area contributed by atoms with E-state index < -0.39 is 10.1 Å². The van der Waals surface area contributed by atoms with Crippen molar-refractivity contribution in [2.24, 2.45) is 0 Å². The zero-order valence-corrected chi connectivity index (χ0v) is 12.6. The second kappa shape index (κ2) is 6.12. The average Bonchev–Trinajstić information content (AvgIpc) is 2.43. The van der Waals surface area contributed by atoms with Gasteiger partial charge in [0, 0.05) is 11.7 Å². The van der Waals surface area contributed by atoms with Crippen molar-refractivity contribution in [3.63, 3.8) is 0 Å². The van der Waals surface area contributed by atoms with Crippen molar-refractivity contribution in [2.75, 3.05) is 18.2 Å². The van der Waals surface area contributed by atoms with E-state index in [1.54, 1.807) is 6.07 Å². The maximum Gasteiger partial charge on any atom is 0.264 e. The van der Waals surface area contributed by atoms with Crippen LogP contribution in [0.2, 0.25) is 0 Å². The van der Waals surface area contributed by atoms with E-state index in [0.29, 0.717) is 5.56 Å². The standard InChI is InChI=1S/C15H16N2O3S/c1-11(10-20-21(2,18)19)17-14-6-7-15-12(8-14)4-3-5-13(15)9-16/h3-8,11,17H,10H2,1-2H3. The SMILES string of the molecule is CC(COS(C)(=O)=O)Nc1ccc2c(C#N)cccc2c1. The molecule has 1 unspecified atom stereocenters. The first kappa shape index (κ1) is 15.3. The van der Waals surface area contributed by atoms with Crippen molar-refractivity contribution in [1.29, 1.82) is 5.26 Å². The summed E-state index contributed by atoms with van der Waals surface area (Å²) < 4.78 is 26.7. The molecular weight excluding hydrogens is 288 g/mol. The van der Waals surface area contributed by atoms with Crippen LogP contribution >= 0.6 is 0 Å². The van der Waals surface area contributed by atoms with Gasteiger partial charge in [-0.2, -0.15) is 13.7 Å². The van der Waals surface area contributed by atoms with Gasteiger partial charge in [0.15, 0.2) is 0 Å². The first-order valence-electron chi connectivity index (χ1n) is 6.43. The predicted molar refractivity (Wildman–Crippen MR) is 82.5 cm³/mol. The Hall–Kier alpha value is -2.10. The summed E-state index contributed by atoms with van der Waals surface area (Å²) in [4.78, 5) is 0. The van der Waals surface area contributed by atoms with Gasteiger partial charge >= 0.3 is 0 Å². The number of hydrogen-bond acceptors (Lipinski definition) is 5. The zero-order chi connectivity index (χ0) is 15.5. The first-order valence-corrected chi connectivity index (χ1v) is 8.24. The molecule has 0 saturated carbocycles. The molecule has 0 heterocycles. The highest BCUT2D eigenvalue weighted by molar-refractivity contribution is 7.85. The largest absolute Gasteiger partial charge is 0.380 e. The summed E-state index contributed by atoms with van der Waals surface area (Å²) in [5.41, 5.74) is 1.48. The van der Waals surface area contributed by atoms with Gasteiger partial charge in [-0.25, -0.2) is 0 Å². The molecule has 5 nitrogen and oxygen atoms in total. The van der Waals surface area contributed by atoms with E-state index in [1.165, 1.54) is 0 Å². The summed E-state index contributed by atoms with van der Waals surface area (Å²) in [6.07, 6.45) is 1.03. The van der Waals surface area contributed by atoms with Gasteiger partial charge in [0.25, 0.3) is 10.1 Å². The lowest BCUT2D eigenvalue weighted by Gasteiger charge is -2.15. The number of nitrogens with one attached hydrogen (secondary N) is 1. The van der Waals surface area contributed by atoms with E-state index in [0.717, 1.165) is 22.7 Å². The molecule has 2 rings (SSSR count). The van der Waals surface area contributed by atoms with E-state index in [1.807, 2.05) is 37.3 Å². The molecule has 0 aliphatic heterocycles. The number of benzene rings is 2. The Morgan fingerprint density at radius 1 is 1.33 bits per heavy atom. The highest BCUT2D eigenvalue weighted by Crippen LogP contribution is 2.22. The quantitative estimate of drug-likeness (QED) is 0.858. The van der Waals surface area contributed by atoms with Crippen LogP contribution < -0.4 is 5.32 Å². The summed E-state index contributed by atoms with van der Waals surface area (Å²) in [5.74, 6) is 0. The van der Waals surface area contributed by atoms with Crippen LogP contribution in [-0.4, -0.2) is 27.3 Å². The molecule has 0 bridgehead atoms. The fraction of sp³-hybridized carbons (Fsp3) is 0.267. The van der Waals surface area contributed by atoms with Crippen molar-refractivity contribution in [3.8, 4) is 6.07 Å². The summed E-state index contributed by atoms with van der Waals surface area (Å²) in [7, 11) is -3.43. The minimum Gasteiger partial charge on any atom is -0.380 e. The highest BCUT2D eigenvalue weighted by Gasteiger charge is 2.08. The van der Waals surface area contributed by atoms with E-state index in [2.05, 4.69) is 11.4 Å². The number of rotatable bonds is 5. The molecule has 2 aromatic carbocycles. The van der Waals surface area contributed by atoms with Crippen LogP contribution in [0, 0.1) is 11.3 Å². The summed E-state index contributed by atoms with van der Waals surface area (Å²) >= 11 is 0. The van der Waals surface area contributed by atoms with Crippen LogP contribution in [0.5, 0.6) is 0 Å². The highest BCUT2D eigenvalue weighted by atomic mass is 32.2. The Morgan fingerprint density at radius 2 is 2.10 bits per heavy atom. The van der Waals surface area contributed by atoms with Gasteiger partial charge in [-0.3, -0.25) is 4.18 Å². The molecule has 0 saturated heterocycles. The van der Waals surface area contributed by atoms with Crippen molar-refractivity contribution in [2.45, 2.75) is 13.0 Å². The van der Waals surface area contributed by atoms with E-state index >= 15 is 0 Å². The van der Waals surface area contributed by atoms with Crippen molar-refractivity contribution in [1.82, 2.24) is 0 Å². The number of hydrogen-bond donors (Lipinski definition) is 1. The molecular formula is C15H16N2O3S. The summed E-state index contributed by atoms with van der Waals surface area (Å²) in [5, 5.41) is 14.1. The topological polar surface area (TPSA) is 79.2 Å². The predicted octanol–water partition coefficient (Wildman–Crippen LogP) is 2.49. The normalized spacial score (nSPS) is 12.8. The molecule has 21 heavy (non-hydrogen) atoms. The minimum absolute atomic E-state index is 0.0646. The Kier molecular flexibility index (Phi) is 4.46. The van der Waals surface area contributed by atoms with Crippen LogP contribution in [0.15, 0.2) is 36.4 Å². The smallest absolute Gasteiger partial charge is 0.264 e. The number of nitriles is 1. The van der Waals surface area contributed by atoms with Gasteiger partial charge in [-0.05, 0) is 35.9 Å². The second-order valence-electron chi connectivity index (χ2n) is 4.89. The Bertz CT molecular complexity index is 794. The molecule has 1 atom stereocenters. The second-order valence-corrected chi connectivity index (χ2v) is 6.53. The molecule has 0 aliphatic rings. The van der Waals surface area contributed by atoms with Crippen LogP contribution in [0.1, 0.15) is 12.5 Å². The fourth-order valence-electron chi connectivity index (χ4n) is 2.02. The van der Waals surface area contributed by atoms with Crippen LogP contribution in [0.4, 0.5) is 5.69 Å². The first-order chi connectivity index (χ1) is 9.89. The molecule has 0 aromatic heterocycles. The fourth-order valence-corrected chi connectivity index (χ4v) is 2.47. The van der Waals surface area contributed by atoms with E-state index in [4.69, 9.17) is 9.44 Å². The molecule has 2 aromatic rings. The monoisotopic (exact) mass is 304 g/mol. The van der Waals surface area contributed by atoms with Gasteiger partial charge in [-0.1, -0.05) is 18.2 Å². The zero-order valence-electron chi connectivity index (χ0n) is 11.8. The van der Waals surface area contributed by atoms with Crippen molar-refractivity contribution < 1.29 is 12.6 Å². The van der Waals surface area contributed by atoms with Crippen molar-refractivity contribution in [3.05, 3.63) is 42.0 Å². The average molecular weight is 304 g/mol. The molecule has 0 spiro atoms. The van der Waals surface area contributed by atoms with Crippen LogP contribution in [-0.2, 0) is 14.3 Å².